The first-order valence-electron chi connectivity index (χ1n) is 8.89. The Morgan fingerprint density at radius 1 is 1.24 bits per heavy atom. The molecule has 29 heavy (non-hydrogen) atoms. The molecule has 1 N–H and O–H groups in total. The van der Waals surface area contributed by atoms with E-state index in [2.05, 4.69) is 11.9 Å². The normalized spacial score (nSPS) is 15.9. The van der Waals surface area contributed by atoms with E-state index in [1.165, 1.54) is 42.4 Å². The lowest BCUT2D eigenvalue weighted by Gasteiger charge is -2.26. The first-order valence-corrected chi connectivity index (χ1v) is 8.89. The molecule has 1 aliphatic rings. The molecule has 1 saturated heterocycles. The summed E-state index contributed by atoms with van der Waals surface area (Å²) >= 11 is 0. The highest BCUT2D eigenvalue weighted by Gasteiger charge is 2.44. The molecule has 3 rings (SSSR count). The molecule has 2 aromatic carbocycles. The monoisotopic (exact) mass is 397 g/mol. The van der Waals surface area contributed by atoms with Crippen LogP contribution in [0, 0.1) is 5.82 Å². The van der Waals surface area contributed by atoms with Gasteiger partial charge in [-0.25, -0.2) is 14.1 Å². The second kappa shape index (κ2) is 8.55. The maximum atomic E-state index is 13.2. The van der Waals surface area contributed by atoms with Gasteiger partial charge >= 0.3 is 6.03 Å². The van der Waals surface area contributed by atoms with Crippen LogP contribution < -0.4 is 15.0 Å². The Morgan fingerprint density at radius 2 is 1.90 bits per heavy atom. The van der Waals surface area contributed by atoms with Gasteiger partial charge in [0.15, 0.2) is 0 Å². The lowest BCUT2D eigenvalue weighted by molar-refractivity contribution is -0.122. The molecular formula is C21H20FN3O4. The number of ether oxygens (including phenoxy) is 1. The molecule has 150 valence electrons. The second-order valence-electron chi connectivity index (χ2n) is 6.36. The van der Waals surface area contributed by atoms with Crippen LogP contribution in [0.25, 0.3) is 0 Å². The van der Waals surface area contributed by atoms with E-state index in [4.69, 9.17) is 4.74 Å². The molecule has 0 saturated carbocycles. The van der Waals surface area contributed by atoms with Crippen LogP contribution in [0.15, 0.2) is 61.2 Å². The number of anilines is 2. The predicted octanol–water partition coefficient (Wildman–Crippen LogP) is 3.19. The summed E-state index contributed by atoms with van der Waals surface area (Å²) in [5.74, 6) is -0.847. The fourth-order valence-electron chi connectivity index (χ4n) is 3.08. The summed E-state index contributed by atoms with van der Waals surface area (Å²) in [4.78, 5) is 40.4. The SMILES string of the molecule is C=CCN(C(=O)Nc1ccc(OC)cc1)[C@@H]1CC(=O)N(c2ccc(F)cc2)C1=O. The van der Waals surface area contributed by atoms with Crippen molar-refractivity contribution < 1.29 is 23.5 Å². The molecule has 0 bridgehead atoms. The number of urea groups is 1. The lowest BCUT2D eigenvalue weighted by Crippen LogP contribution is -2.47. The highest BCUT2D eigenvalue weighted by atomic mass is 19.1. The van der Waals surface area contributed by atoms with Gasteiger partial charge in [0, 0.05) is 12.2 Å². The summed E-state index contributed by atoms with van der Waals surface area (Å²) in [5, 5.41) is 2.70. The van der Waals surface area contributed by atoms with Crippen LogP contribution in [0.3, 0.4) is 0 Å². The van der Waals surface area contributed by atoms with Gasteiger partial charge in [-0.05, 0) is 48.5 Å². The molecule has 1 fully saturated rings. The largest absolute Gasteiger partial charge is 0.497 e. The summed E-state index contributed by atoms with van der Waals surface area (Å²) in [6.07, 6.45) is 1.31. The van der Waals surface area contributed by atoms with Crippen molar-refractivity contribution in [2.75, 3.05) is 23.9 Å². The van der Waals surface area contributed by atoms with E-state index in [1.54, 1.807) is 24.3 Å². The topological polar surface area (TPSA) is 79.0 Å². The predicted molar refractivity (Wildman–Crippen MR) is 106 cm³/mol. The number of hydrogen-bond donors (Lipinski definition) is 1. The average Bonchev–Trinajstić information content (AvgIpc) is 3.01. The number of benzene rings is 2. The molecule has 7 nitrogen and oxygen atoms in total. The summed E-state index contributed by atoms with van der Waals surface area (Å²) in [5.41, 5.74) is 0.773. The summed E-state index contributed by atoms with van der Waals surface area (Å²) in [7, 11) is 1.54. The third-order valence-corrected chi connectivity index (χ3v) is 4.51. The summed E-state index contributed by atoms with van der Waals surface area (Å²) in [6, 6.07) is 10.2. The van der Waals surface area contributed by atoms with Crippen molar-refractivity contribution in [3.05, 3.63) is 67.0 Å². The molecular weight excluding hydrogens is 377 g/mol. The Labute approximate surface area is 167 Å². The standard InChI is InChI=1S/C21H20FN3O4/c1-3-12-24(21(28)23-15-6-10-17(29-2)11-7-15)18-13-19(26)25(20(18)27)16-8-4-14(22)5-9-16/h3-11,18H,1,12-13H2,2H3,(H,23,28)/t18-/m1/s1. The van der Waals surface area contributed by atoms with Crippen LogP contribution in [0.5, 0.6) is 5.75 Å². The molecule has 8 heteroatoms. The first-order chi connectivity index (χ1) is 13.9. The molecule has 4 amide bonds. The van der Waals surface area contributed by atoms with E-state index >= 15 is 0 Å². The molecule has 1 aliphatic heterocycles. The maximum Gasteiger partial charge on any atom is 0.322 e. The van der Waals surface area contributed by atoms with Gasteiger partial charge in [0.05, 0.1) is 19.2 Å². The van der Waals surface area contributed by atoms with Crippen molar-refractivity contribution >= 4 is 29.2 Å². The fourth-order valence-corrected chi connectivity index (χ4v) is 3.08. The van der Waals surface area contributed by atoms with Crippen molar-refractivity contribution in [2.24, 2.45) is 0 Å². The van der Waals surface area contributed by atoms with Crippen LogP contribution >= 0.6 is 0 Å². The quantitative estimate of drug-likeness (QED) is 0.600. The fraction of sp³-hybridized carbons (Fsp3) is 0.190. The highest BCUT2D eigenvalue weighted by molar-refractivity contribution is 6.23. The van der Waals surface area contributed by atoms with E-state index in [-0.39, 0.29) is 18.7 Å². The molecule has 0 spiro atoms. The number of rotatable bonds is 6. The minimum absolute atomic E-state index is 0.0724. The zero-order valence-electron chi connectivity index (χ0n) is 15.8. The van der Waals surface area contributed by atoms with Crippen LogP contribution in [-0.4, -0.2) is 42.4 Å². The van der Waals surface area contributed by atoms with Crippen LogP contribution in [-0.2, 0) is 9.59 Å². The van der Waals surface area contributed by atoms with Crippen LogP contribution in [0.2, 0.25) is 0 Å². The Morgan fingerprint density at radius 3 is 2.48 bits per heavy atom. The first kappa shape index (κ1) is 20.1. The van der Waals surface area contributed by atoms with E-state index in [0.29, 0.717) is 11.4 Å². The van der Waals surface area contributed by atoms with Crippen molar-refractivity contribution in [1.29, 1.82) is 0 Å². The van der Waals surface area contributed by atoms with Gasteiger partial charge < -0.3 is 15.0 Å². The minimum Gasteiger partial charge on any atom is -0.497 e. The Hall–Kier alpha value is -3.68. The van der Waals surface area contributed by atoms with Gasteiger partial charge in [-0.2, -0.15) is 0 Å². The van der Waals surface area contributed by atoms with Gasteiger partial charge in [-0.1, -0.05) is 6.08 Å². The van der Waals surface area contributed by atoms with E-state index < -0.39 is 29.7 Å². The third-order valence-electron chi connectivity index (χ3n) is 4.51. The van der Waals surface area contributed by atoms with Gasteiger partial charge in [0.2, 0.25) is 5.91 Å². The van der Waals surface area contributed by atoms with Gasteiger partial charge in [-0.3, -0.25) is 9.59 Å². The molecule has 1 atom stereocenters. The third kappa shape index (κ3) is 4.26. The molecule has 0 unspecified atom stereocenters. The summed E-state index contributed by atoms with van der Waals surface area (Å²) in [6.45, 7) is 3.70. The van der Waals surface area contributed by atoms with E-state index in [1.807, 2.05) is 0 Å². The Balaban J connectivity index is 1.79. The Bertz CT molecular complexity index is 928. The van der Waals surface area contributed by atoms with E-state index in [0.717, 1.165) is 4.90 Å². The number of carbonyl (C=O) groups excluding carboxylic acids is 3. The smallest absolute Gasteiger partial charge is 0.322 e. The minimum atomic E-state index is -0.983. The zero-order chi connectivity index (χ0) is 21.0. The molecule has 2 aromatic rings. The van der Waals surface area contributed by atoms with Gasteiger partial charge in [-0.15, -0.1) is 6.58 Å². The van der Waals surface area contributed by atoms with Crippen molar-refractivity contribution in [3.63, 3.8) is 0 Å². The number of carbonyl (C=O) groups is 3. The number of hydrogen-bond acceptors (Lipinski definition) is 4. The van der Waals surface area contributed by atoms with Crippen molar-refractivity contribution in [3.8, 4) is 5.75 Å². The number of halogens is 1. The van der Waals surface area contributed by atoms with Crippen LogP contribution in [0.1, 0.15) is 6.42 Å². The van der Waals surface area contributed by atoms with Gasteiger partial charge in [0.1, 0.15) is 17.6 Å². The number of imide groups is 1. The molecule has 0 aliphatic carbocycles. The number of nitrogens with zero attached hydrogens (tertiary/aromatic N) is 2. The zero-order valence-corrected chi connectivity index (χ0v) is 15.8. The molecule has 0 aromatic heterocycles. The number of methoxy groups -OCH3 is 1. The maximum absolute atomic E-state index is 13.2. The van der Waals surface area contributed by atoms with Crippen molar-refractivity contribution in [1.82, 2.24) is 4.90 Å². The second-order valence-corrected chi connectivity index (χ2v) is 6.36. The average molecular weight is 397 g/mol. The van der Waals surface area contributed by atoms with Gasteiger partial charge in [0.25, 0.3) is 5.91 Å². The Kier molecular flexibility index (Phi) is 5.92. The molecule has 1 heterocycles. The summed E-state index contributed by atoms with van der Waals surface area (Å²) < 4.78 is 18.2. The van der Waals surface area contributed by atoms with Crippen molar-refractivity contribution in [2.45, 2.75) is 12.5 Å². The van der Waals surface area contributed by atoms with E-state index in [9.17, 15) is 18.8 Å². The van der Waals surface area contributed by atoms with Crippen LogP contribution in [0.4, 0.5) is 20.6 Å². The molecule has 0 radical (unpaired) electrons. The lowest BCUT2D eigenvalue weighted by atomic mass is 10.2. The number of amides is 4. The highest BCUT2D eigenvalue weighted by Crippen LogP contribution is 2.26. The number of nitrogens with one attached hydrogen (secondary N) is 1.